The molecule has 0 bridgehead atoms. The Morgan fingerprint density at radius 3 is 2.42 bits per heavy atom. The van der Waals surface area contributed by atoms with Gasteiger partial charge in [0.15, 0.2) is 0 Å². The van der Waals surface area contributed by atoms with Gasteiger partial charge in [-0.15, -0.1) is 0 Å². The number of allylic oxidation sites excluding steroid dienone is 2. The van der Waals surface area contributed by atoms with Crippen LogP contribution in [0.3, 0.4) is 0 Å². The number of hydrogen-bond donors (Lipinski definition) is 4. The highest BCUT2D eigenvalue weighted by molar-refractivity contribution is 5.87. The van der Waals surface area contributed by atoms with E-state index >= 15 is 0 Å². The van der Waals surface area contributed by atoms with Gasteiger partial charge in [-0.1, -0.05) is 18.2 Å². The first-order valence-corrected chi connectivity index (χ1v) is 9.03. The van der Waals surface area contributed by atoms with E-state index < -0.39 is 11.9 Å². The van der Waals surface area contributed by atoms with Gasteiger partial charge in [-0.3, -0.25) is 0 Å². The molecule has 0 amide bonds. The van der Waals surface area contributed by atoms with Gasteiger partial charge >= 0.3 is 5.97 Å². The molecule has 2 rings (SSSR count). The topological polar surface area (TPSA) is 98.0 Å². The number of phenols is 2. The van der Waals surface area contributed by atoms with E-state index in [2.05, 4.69) is 6.58 Å². The first-order chi connectivity index (χ1) is 12.2. The third-order valence-corrected chi connectivity index (χ3v) is 5.06. The summed E-state index contributed by atoms with van der Waals surface area (Å²) in [5.74, 6) is -1.48. The van der Waals surface area contributed by atoms with E-state index in [-0.39, 0.29) is 23.5 Å². The minimum atomic E-state index is -0.969. The second kappa shape index (κ2) is 8.41. The van der Waals surface area contributed by atoms with Crippen LogP contribution in [0.2, 0.25) is 0 Å². The number of carbonyl (C=O) groups is 1. The highest BCUT2D eigenvalue weighted by Crippen LogP contribution is 2.46. The monoisotopic (exact) mass is 360 g/mol. The lowest BCUT2D eigenvalue weighted by molar-refractivity contribution is -0.133. The maximum atomic E-state index is 11.4. The molecule has 0 fully saturated rings. The first kappa shape index (κ1) is 20.0. The Hall–Kier alpha value is -2.27. The number of hydrogen-bond acceptors (Lipinski definition) is 4. The van der Waals surface area contributed by atoms with E-state index in [0.29, 0.717) is 36.8 Å². The minimum absolute atomic E-state index is 0.0313. The van der Waals surface area contributed by atoms with Crippen LogP contribution in [0.15, 0.2) is 35.9 Å². The molecule has 0 heterocycles. The highest BCUT2D eigenvalue weighted by atomic mass is 16.4. The molecule has 3 atom stereocenters. The van der Waals surface area contributed by atoms with Gasteiger partial charge in [0.05, 0.1) is 6.10 Å². The number of rotatable bonds is 7. The van der Waals surface area contributed by atoms with E-state index in [1.54, 1.807) is 25.1 Å². The Morgan fingerprint density at radius 1 is 1.31 bits per heavy atom. The molecule has 0 aliphatic heterocycles. The number of aliphatic hydroxyl groups excluding tert-OH is 1. The van der Waals surface area contributed by atoms with Gasteiger partial charge in [0, 0.05) is 17.1 Å². The zero-order chi connectivity index (χ0) is 19.4. The molecule has 5 nitrogen and oxygen atoms in total. The average molecular weight is 360 g/mol. The summed E-state index contributed by atoms with van der Waals surface area (Å²) in [7, 11) is 0. The third kappa shape index (κ3) is 4.67. The van der Waals surface area contributed by atoms with Gasteiger partial charge in [0.2, 0.25) is 0 Å². The van der Waals surface area contributed by atoms with Crippen molar-refractivity contribution >= 4 is 5.97 Å². The summed E-state index contributed by atoms with van der Waals surface area (Å²) in [4.78, 5) is 11.4. The van der Waals surface area contributed by atoms with Crippen molar-refractivity contribution in [2.45, 2.75) is 58.0 Å². The fraction of sp³-hybridized carbons (Fsp3) is 0.476. The van der Waals surface area contributed by atoms with Crippen LogP contribution in [-0.4, -0.2) is 32.5 Å². The first-order valence-electron chi connectivity index (χ1n) is 9.03. The van der Waals surface area contributed by atoms with Crippen LogP contribution in [0, 0.1) is 5.92 Å². The molecule has 4 N–H and O–H groups in total. The fourth-order valence-corrected chi connectivity index (χ4v) is 3.69. The lowest BCUT2D eigenvalue weighted by Gasteiger charge is -2.31. The summed E-state index contributed by atoms with van der Waals surface area (Å²) < 4.78 is 0. The van der Waals surface area contributed by atoms with Crippen LogP contribution in [0.5, 0.6) is 11.5 Å². The largest absolute Gasteiger partial charge is 0.507 e. The van der Waals surface area contributed by atoms with Crippen molar-refractivity contribution in [1.82, 2.24) is 0 Å². The average Bonchev–Trinajstić information content (AvgIpc) is 2.53. The number of aliphatic carboxylic acids is 1. The summed E-state index contributed by atoms with van der Waals surface area (Å²) in [5, 5.41) is 39.7. The molecule has 5 heteroatoms. The molecule has 0 spiro atoms. The Labute approximate surface area is 154 Å². The number of aliphatic hydroxyl groups is 1. The second-order valence-electron chi connectivity index (χ2n) is 7.30. The van der Waals surface area contributed by atoms with Gasteiger partial charge in [-0.2, -0.15) is 0 Å². The van der Waals surface area contributed by atoms with Crippen molar-refractivity contribution in [3.05, 3.63) is 47.1 Å². The molecule has 0 aromatic heterocycles. The fourth-order valence-electron chi connectivity index (χ4n) is 3.69. The van der Waals surface area contributed by atoms with Gasteiger partial charge in [0.1, 0.15) is 11.5 Å². The quantitative estimate of drug-likeness (QED) is 0.553. The molecular formula is C21H28O5. The van der Waals surface area contributed by atoms with Crippen LogP contribution < -0.4 is 0 Å². The maximum absolute atomic E-state index is 11.4. The summed E-state index contributed by atoms with van der Waals surface area (Å²) in [6.07, 6.45) is 4.35. The Kier molecular flexibility index (Phi) is 6.48. The van der Waals surface area contributed by atoms with Crippen molar-refractivity contribution in [2.75, 3.05) is 0 Å². The van der Waals surface area contributed by atoms with Crippen LogP contribution in [-0.2, 0) is 11.2 Å². The van der Waals surface area contributed by atoms with Crippen molar-refractivity contribution in [3.8, 4) is 11.5 Å². The second-order valence-corrected chi connectivity index (χ2v) is 7.30. The van der Waals surface area contributed by atoms with Crippen LogP contribution in [0.25, 0.3) is 0 Å². The summed E-state index contributed by atoms with van der Waals surface area (Å²) >= 11 is 0. The van der Waals surface area contributed by atoms with Gasteiger partial charge in [0.25, 0.3) is 0 Å². The SMILES string of the molecule is C=C(C)[C@H]1CCC(C(=O)O)=C[C@@H]1c1c(O)cc(CCCC(C)O)cc1O. The molecule has 1 aliphatic rings. The van der Waals surface area contributed by atoms with Crippen molar-refractivity contribution in [2.24, 2.45) is 5.92 Å². The standard InChI is InChI=1S/C21H28O5/c1-12(2)16-8-7-15(21(25)26)11-17(16)20-18(23)9-14(10-19(20)24)6-4-5-13(3)22/h9-11,13,16-17,22-24H,1,4-8H2,2-3H3,(H,25,26)/t13?,16-,17+/m1/s1. The van der Waals surface area contributed by atoms with Gasteiger partial charge in [-0.25, -0.2) is 4.79 Å². The van der Waals surface area contributed by atoms with Gasteiger partial charge < -0.3 is 20.4 Å². The molecule has 0 saturated carbocycles. The van der Waals surface area contributed by atoms with E-state index in [1.165, 1.54) is 0 Å². The van der Waals surface area contributed by atoms with Crippen molar-refractivity contribution < 1.29 is 25.2 Å². The zero-order valence-corrected chi connectivity index (χ0v) is 15.4. The molecule has 1 aliphatic carbocycles. The van der Waals surface area contributed by atoms with E-state index in [1.807, 2.05) is 6.92 Å². The number of phenolic OH excluding ortho intramolecular Hbond substituents is 2. The molecular weight excluding hydrogens is 332 g/mol. The molecule has 0 radical (unpaired) electrons. The molecule has 1 unspecified atom stereocenters. The van der Waals surface area contributed by atoms with Crippen molar-refractivity contribution in [3.63, 3.8) is 0 Å². The lowest BCUT2D eigenvalue weighted by atomic mass is 9.73. The highest BCUT2D eigenvalue weighted by Gasteiger charge is 2.32. The van der Waals surface area contributed by atoms with E-state index in [4.69, 9.17) is 0 Å². The van der Waals surface area contributed by atoms with Crippen LogP contribution >= 0.6 is 0 Å². The Bertz CT molecular complexity index is 694. The Morgan fingerprint density at radius 2 is 1.92 bits per heavy atom. The predicted molar refractivity (Wildman–Crippen MR) is 100 cm³/mol. The summed E-state index contributed by atoms with van der Waals surface area (Å²) in [6, 6.07) is 3.24. The van der Waals surface area contributed by atoms with Crippen LogP contribution in [0.1, 0.15) is 56.6 Å². The number of carboxylic acids is 1. The molecule has 1 aromatic carbocycles. The van der Waals surface area contributed by atoms with E-state index in [0.717, 1.165) is 17.6 Å². The molecule has 1 aromatic rings. The number of carboxylic acid groups (broad SMARTS) is 1. The molecule has 26 heavy (non-hydrogen) atoms. The van der Waals surface area contributed by atoms with Crippen molar-refractivity contribution in [1.29, 1.82) is 0 Å². The number of benzene rings is 1. The van der Waals surface area contributed by atoms with E-state index in [9.17, 15) is 25.2 Å². The number of aryl methyl sites for hydroxylation is 1. The van der Waals surface area contributed by atoms with Gasteiger partial charge in [-0.05, 0) is 69.6 Å². The minimum Gasteiger partial charge on any atom is -0.507 e. The smallest absolute Gasteiger partial charge is 0.331 e. The Balaban J connectivity index is 2.36. The lowest BCUT2D eigenvalue weighted by Crippen LogP contribution is -2.20. The normalized spacial score (nSPS) is 21.1. The summed E-state index contributed by atoms with van der Waals surface area (Å²) in [6.45, 7) is 7.61. The predicted octanol–water partition coefficient (Wildman–Crippen LogP) is 3.88. The maximum Gasteiger partial charge on any atom is 0.331 e. The number of aromatic hydroxyl groups is 2. The summed E-state index contributed by atoms with van der Waals surface area (Å²) in [5.41, 5.74) is 2.34. The third-order valence-electron chi connectivity index (χ3n) is 5.06. The van der Waals surface area contributed by atoms with Crippen LogP contribution in [0.4, 0.5) is 0 Å². The molecule has 142 valence electrons. The molecule has 0 saturated heterocycles. The zero-order valence-electron chi connectivity index (χ0n) is 15.4.